The summed E-state index contributed by atoms with van der Waals surface area (Å²) in [5, 5.41) is 0. The zero-order chi connectivity index (χ0) is 16.5. The molecule has 0 fully saturated rings. The van der Waals surface area contributed by atoms with E-state index in [1.165, 1.54) is 77.0 Å². The van der Waals surface area contributed by atoms with E-state index in [4.69, 9.17) is 9.47 Å². The third-order valence-corrected chi connectivity index (χ3v) is 3.74. The van der Waals surface area contributed by atoms with E-state index >= 15 is 0 Å². The molecule has 0 N–H and O–H groups in total. The van der Waals surface area contributed by atoms with E-state index in [9.17, 15) is 0 Å². The van der Waals surface area contributed by atoms with Crippen molar-refractivity contribution < 1.29 is 9.47 Å². The Bertz CT molecular complexity index is 243. The Hall–Kier alpha value is -0.920. The van der Waals surface area contributed by atoms with E-state index in [0.29, 0.717) is 0 Å². The third-order valence-electron chi connectivity index (χ3n) is 3.74. The summed E-state index contributed by atoms with van der Waals surface area (Å²) < 4.78 is 10.7. The maximum atomic E-state index is 5.35. The Balaban J connectivity index is 2.99. The average Bonchev–Trinajstić information content (AvgIpc) is 2.46. The van der Waals surface area contributed by atoms with E-state index in [-0.39, 0.29) is 0 Å². The predicted molar refractivity (Wildman–Crippen MR) is 96.9 cm³/mol. The highest BCUT2D eigenvalue weighted by Gasteiger charge is 1.95. The van der Waals surface area contributed by atoms with Gasteiger partial charge in [0.25, 0.3) is 0 Å². The second kappa shape index (κ2) is 16.5. The van der Waals surface area contributed by atoms with Gasteiger partial charge in [-0.25, -0.2) is 0 Å². The van der Waals surface area contributed by atoms with Gasteiger partial charge in [-0.05, 0) is 26.7 Å². The van der Waals surface area contributed by atoms with Crippen LogP contribution in [0.25, 0.3) is 0 Å². The SMILES string of the molecule is C=C(C)OCCCCCCCCCCCCCCOC(=C)C. The molecule has 0 aliphatic rings. The molecular formula is C20H38O2. The lowest BCUT2D eigenvalue weighted by atomic mass is 10.1. The molecule has 0 saturated carbocycles. The Morgan fingerprint density at radius 1 is 0.500 bits per heavy atom. The normalized spacial score (nSPS) is 10.5. The smallest absolute Gasteiger partial charge is 0.0876 e. The molecule has 0 atom stereocenters. The Kier molecular flexibility index (Phi) is 15.8. The Labute approximate surface area is 139 Å². The van der Waals surface area contributed by atoms with Gasteiger partial charge in [-0.2, -0.15) is 0 Å². The zero-order valence-corrected chi connectivity index (χ0v) is 15.1. The molecule has 2 nitrogen and oxygen atoms in total. The van der Waals surface area contributed by atoms with E-state index in [1.807, 2.05) is 13.8 Å². The maximum absolute atomic E-state index is 5.35. The van der Waals surface area contributed by atoms with Gasteiger partial charge >= 0.3 is 0 Å². The molecule has 22 heavy (non-hydrogen) atoms. The van der Waals surface area contributed by atoms with Gasteiger partial charge in [-0.1, -0.05) is 77.4 Å². The van der Waals surface area contributed by atoms with Crippen LogP contribution in [0.1, 0.15) is 90.9 Å². The van der Waals surface area contributed by atoms with E-state index in [1.54, 1.807) is 0 Å². The monoisotopic (exact) mass is 310 g/mol. The van der Waals surface area contributed by atoms with Gasteiger partial charge in [0.05, 0.1) is 24.7 Å². The van der Waals surface area contributed by atoms with Crippen molar-refractivity contribution in [3.8, 4) is 0 Å². The van der Waals surface area contributed by atoms with Crippen LogP contribution in [-0.4, -0.2) is 13.2 Å². The first-order valence-electron chi connectivity index (χ1n) is 9.19. The fourth-order valence-corrected chi connectivity index (χ4v) is 2.46. The third kappa shape index (κ3) is 19.1. The van der Waals surface area contributed by atoms with Gasteiger partial charge in [0, 0.05) is 0 Å². The quantitative estimate of drug-likeness (QED) is 0.218. The molecule has 0 heterocycles. The molecule has 0 unspecified atom stereocenters. The molecule has 0 aromatic rings. The van der Waals surface area contributed by atoms with Gasteiger partial charge in [-0.3, -0.25) is 0 Å². The largest absolute Gasteiger partial charge is 0.499 e. The number of ether oxygens (including phenoxy) is 2. The molecule has 0 spiro atoms. The lowest BCUT2D eigenvalue weighted by Crippen LogP contribution is -1.91. The summed E-state index contributed by atoms with van der Waals surface area (Å²) in [5.41, 5.74) is 0. The second-order valence-corrected chi connectivity index (χ2v) is 6.34. The molecule has 0 saturated heterocycles. The maximum Gasteiger partial charge on any atom is 0.0876 e. The Morgan fingerprint density at radius 3 is 0.955 bits per heavy atom. The van der Waals surface area contributed by atoms with Gasteiger partial charge in [0.15, 0.2) is 0 Å². The summed E-state index contributed by atoms with van der Waals surface area (Å²) in [4.78, 5) is 0. The molecule has 130 valence electrons. The topological polar surface area (TPSA) is 18.5 Å². The number of rotatable bonds is 17. The molecule has 2 heteroatoms. The molecule has 0 radical (unpaired) electrons. The predicted octanol–water partition coefficient (Wildman–Crippen LogP) is 6.77. The fraction of sp³-hybridized carbons (Fsp3) is 0.800. The summed E-state index contributed by atoms with van der Waals surface area (Å²) in [7, 11) is 0. The molecule has 0 rings (SSSR count). The van der Waals surface area contributed by atoms with Crippen molar-refractivity contribution in [1.29, 1.82) is 0 Å². The van der Waals surface area contributed by atoms with Crippen molar-refractivity contribution in [2.45, 2.75) is 90.9 Å². The average molecular weight is 311 g/mol. The highest BCUT2D eigenvalue weighted by Crippen LogP contribution is 2.12. The van der Waals surface area contributed by atoms with Gasteiger partial charge in [-0.15, -0.1) is 0 Å². The van der Waals surface area contributed by atoms with Crippen LogP contribution in [0.15, 0.2) is 24.7 Å². The highest BCUT2D eigenvalue weighted by atomic mass is 16.5. The van der Waals surface area contributed by atoms with Crippen LogP contribution in [0.2, 0.25) is 0 Å². The molecule has 0 amide bonds. The summed E-state index contributed by atoms with van der Waals surface area (Å²) in [6, 6.07) is 0. The number of hydrogen-bond acceptors (Lipinski definition) is 2. The van der Waals surface area contributed by atoms with Crippen LogP contribution in [0, 0.1) is 0 Å². The van der Waals surface area contributed by atoms with E-state index < -0.39 is 0 Å². The molecule has 0 aromatic carbocycles. The minimum Gasteiger partial charge on any atom is -0.499 e. The number of hydrogen-bond donors (Lipinski definition) is 0. The first-order chi connectivity index (χ1) is 10.6. The van der Waals surface area contributed by atoms with Crippen molar-refractivity contribution >= 4 is 0 Å². The number of allylic oxidation sites excluding steroid dienone is 2. The Morgan fingerprint density at radius 2 is 0.727 bits per heavy atom. The fourth-order valence-electron chi connectivity index (χ4n) is 2.46. The van der Waals surface area contributed by atoms with Crippen LogP contribution < -0.4 is 0 Å². The molecule has 0 bridgehead atoms. The molecule has 0 aliphatic heterocycles. The van der Waals surface area contributed by atoms with Crippen molar-refractivity contribution in [2.24, 2.45) is 0 Å². The minimum absolute atomic E-state index is 0.836. The zero-order valence-electron chi connectivity index (χ0n) is 15.1. The molecular weight excluding hydrogens is 272 g/mol. The number of unbranched alkanes of at least 4 members (excludes halogenated alkanes) is 11. The van der Waals surface area contributed by atoms with Crippen molar-refractivity contribution in [3.05, 3.63) is 24.7 Å². The van der Waals surface area contributed by atoms with Crippen LogP contribution in [0.5, 0.6) is 0 Å². The van der Waals surface area contributed by atoms with Crippen LogP contribution in [0.3, 0.4) is 0 Å². The van der Waals surface area contributed by atoms with Gasteiger partial charge in [0.1, 0.15) is 0 Å². The summed E-state index contributed by atoms with van der Waals surface area (Å²) >= 11 is 0. The first kappa shape index (κ1) is 21.1. The van der Waals surface area contributed by atoms with Gasteiger partial charge < -0.3 is 9.47 Å². The summed E-state index contributed by atoms with van der Waals surface area (Å²) in [5.74, 6) is 1.67. The standard InChI is InChI=1S/C20H38O2/c1-19(2)21-17-15-13-11-9-7-5-6-8-10-12-14-16-18-22-20(3)4/h1,3,5-18H2,2,4H3. The highest BCUT2D eigenvalue weighted by molar-refractivity contribution is 4.73. The van der Waals surface area contributed by atoms with Crippen molar-refractivity contribution in [2.75, 3.05) is 13.2 Å². The van der Waals surface area contributed by atoms with E-state index in [2.05, 4.69) is 13.2 Å². The lowest BCUT2D eigenvalue weighted by Gasteiger charge is -2.05. The van der Waals surface area contributed by atoms with Crippen LogP contribution in [-0.2, 0) is 9.47 Å². The first-order valence-corrected chi connectivity index (χ1v) is 9.19. The summed E-state index contributed by atoms with van der Waals surface area (Å²) in [6.45, 7) is 13.0. The summed E-state index contributed by atoms with van der Waals surface area (Å²) in [6.07, 6.45) is 16.0. The minimum atomic E-state index is 0.836. The second-order valence-electron chi connectivity index (χ2n) is 6.34. The lowest BCUT2D eigenvalue weighted by molar-refractivity contribution is 0.208. The van der Waals surface area contributed by atoms with Crippen molar-refractivity contribution in [3.63, 3.8) is 0 Å². The van der Waals surface area contributed by atoms with Crippen LogP contribution in [0.4, 0.5) is 0 Å². The van der Waals surface area contributed by atoms with E-state index in [0.717, 1.165) is 24.7 Å². The van der Waals surface area contributed by atoms with Gasteiger partial charge in [0.2, 0.25) is 0 Å². The van der Waals surface area contributed by atoms with Crippen molar-refractivity contribution in [1.82, 2.24) is 0 Å². The molecule has 0 aromatic heterocycles. The molecule has 0 aliphatic carbocycles. The van der Waals surface area contributed by atoms with Crippen LogP contribution >= 0.6 is 0 Å².